The number of rotatable bonds is 6. The van der Waals surface area contributed by atoms with Crippen LogP contribution in [-0.4, -0.2) is 18.4 Å². The number of carbonyl (C=O) groups excluding carboxylic acids is 2. The van der Waals surface area contributed by atoms with Crippen LogP contribution in [0.1, 0.15) is 11.6 Å². The van der Waals surface area contributed by atoms with E-state index in [4.69, 9.17) is 5.73 Å². The molecule has 2 aromatic carbocycles. The molecule has 0 aliphatic heterocycles. The Hall–Kier alpha value is -2.80. The first kappa shape index (κ1) is 16.6. The predicted octanol–water partition coefficient (Wildman–Crippen LogP) is 1.72. The Balaban J connectivity index is 1.96. The van der Waals surface area contributed by atoms with Gasteiger partial charge >= 0.3 is 0 Å². The van der Waals surface area contributed by atoms with Crippen LogP contribution in [0.4, 0.5) is 14.5 Å². The molecule has 1 unspecified atom stereocenters. The van der Waals surface area contributed by atoms with Crippen molar-refractivity contribution in [3.63, 3.8) is 0 Å². The number of amides is 2. The highest BCUT2D eigenvalue weighted by molar-refractivity contribution is 5.92. The van der Waals surface area contributed by atoms with E-state index in [1.807, 2.05) is 0 Å². The summed E-state index contributed by atoms with van der Waals surface area (Å²) in [4.78, 5) is 23.3. The van der Waals surface area contributed by atoms with Crippen molar-refractivity contribution in [2.75, 3.05) is 11.9 Å². The first-order chi connectivity index (χ1) is 11.0. The standard InChI is InChI=1S/C16H15F2N3O2/c17-12-7-6-11(8-13(12)18)21-14(22)9-20-15(16(19)23)10-4-2-1-3-5-10/h1-8,15,20H,9H2,(H2,19,23)(H,21,22). The van der Waals surface area contributed by atoms with Gasteiger partial charge in [-0.25, -0.2) is 8.78 Å². The Labute approximate surface area is 131 Å². The third-order valence-corrected chi connectivity index (χ3v) is 3.09. The summed E-state index contributed by atoms with van der Waals surface area (Å²) < 4.78 is 25.9. The van der Waals surface area contributed by atoms with Gasteiger partial charge < -0.3 is 11.1 Å². The molecule has 5 nitrogen and oxygen atoms in total. The highest BCUT2D eigenvalue weighted by Gasteiger charge is 2.18. The number of nitrogens with one attached hydrogen (secondary N) is 2. The van der Waals surface area contributed by atoms with Crippen LogP contribution in [0.3, 0.4) is 0 Å². The number of nitrogens with two attached hydrogens (primary N) is 1. The van der Waals surface area contributed by atoms with Crippen molar-refractivity contribution < 1.29 is 18.4 Å². The molecule has 23 heavy (non-hydrogen) atoms. The molecule has 0 fully saturated rings. The molecule has 0 bridgehead atoms. The minimum Gasteiger partial charge on any atom is -0.368 e. The van der Waals surface area contributed by atoms with Crippen molar-refractivity contribution in [3.05, 3.63) is 65.7 Å². The van der Waals surface area contributed by atoms with E-state index in [0.717, 1.165) is 12.1 Å². The molecular formula is C16H15F2N3O2. The van der Waals surface area contributed by atoms with E-state index in [-0.39, 0.29) is 12.2 Å². The van der Waals surface area contributed by atoms with Crippen molar-refractivity contribution in [3.8, 4) is 0 Å². The van der Waals surface area contributed by atoms with Crippen molar-refractivity contribution in [1.82, 2.24) is 5.32 Å². The fourth-order valence-corrected chi connectivity index (χ4v) is 2.00. The van der Waals surface area contributed by atoms with Crippen molar-refractivity contribution >= 4 is 17.5 Å². The predicted molar refractivity (Wildman–Crippen MR) is 81.4 cm³/mol. The van der Waals surface area contributed by atoms with E-state index >= 15 is 0 Å². The lowest BCUT2D eigenvalue weighted by Gasteiger charge is -2.15. The molecule has 0 radical (unpaired) electrons. The molecule has 1 atom stereocenters. The molecule has 0 aliphatic rings. The molecule has 0 saturated carbocycles. The molecule has 2 amide bonds. The molecule has 0 aromatic heterocycles. The van der Waals surface area contributed by atoms with E-state index in [1.54, 1.807) is 30.3 Å². The minimum atomic E-state index is -1.06. The Bertz CT molecular complexity index is 708. The van der Waals surface area contributed by atoms with Gasteiger partial charge in [0.15, 0.2) is 11.6 Å². The maximum absolute atomic E-state index is 13.1. The summed E-state index contributed by atoms with van der Waals surface area (Å²) in [7, 11) is 0. The summed E-state index contributed by atoms with van der Waals surface area (Å²) >= 11 is 0. The summed E-state index contributed by atoms with van der Waals surface area (Å²) in [6, 6.07) is 10.9. The van der Waals surface area contributed by atoms with Gasteiger partial charge in [-0.05, 0) is 17.7 Å². The van der Waals surface area contributed by atoms with Crippen LogP contribution in [0.15, 0.2) is 48.5 Å². The Morgan fingerprint density at radius 2 is 1.74 bits per heavy atom. The second-order valence-corrected chi connectivity index (χ2v) is 4.80. The third-order valence-electron chi connectivity index (χ3n) is 3.09. The van der Waals surface area contributed by atoms with Gasteiger partial charge in [-0.1, -0.05) is 30.3 Å². The fraction of sp³-hybridized carbons (Fsp3) is 0.125. The van der Waals surface area contributed by atoms with Gasteiger partial charge in [0.1, 0.15) is 6.04 Å². The molecule has 0 heterocycles. The molecule has 4 N–H and O–H groups in total. The molecule has 7 heteroatoms. The van der Waals surface area contributed by atoms with Crippen LogP contribution >= 0.6 is 0 Å². The second kappa shape index (κ2) is 7.46. The van der Waals surface area contributed by atoms with Crippen LogP contribution in [0.2, 0.25) is 0 Å². The number of halogens is 2. The number of carbonyl (C=O) groups is 2. The number of hydrogen-bond acceptors (Lipinski definition) is 3. The van der Waals surface area contributed by atoms with Crippen LogP contribution in [0.5, 0.6) is 0 Å². The fourth-order valence-electron chi connectivity index (χ4n) is 2.00. The molecule has 0 spiro atoms. The van der Waals surface area contributed by atoms with Gasteiger partial charge in [0, 0.05) is 11.8 Å². The zero-order valence-corrected chi connectivity index (χ0v) is 12.1. The van der Waals surface area contributed by atoms with Gasteiger partial charge in [0.05, 0.1) is 6.54 Å². The molecule has 0 aliphatic carbocycles. The Morgan fingerprint density at radius 3 is 2.35 bits per heavy atom. The monoisotopic (exact) mass is 319 g/mol. The SMILES string of the molecule is NC(=O)C(NCC(=O)Nc1ccc(F)c(F)c1)c1ccccc1. The van der Waals surface area contributed by atoms with Crippen molar-refractivity contribution in [2.45, 2.75) is 6.04 Å². The topological polar surface area (TPSA) is 84.2 Å². The summed E-state index contributed by atoms with van der Waals surface area (Å²) in [5, 5.41) is 5.12. The van der Waals surface area contributed by atoms with Gasteiger partial charge in [-0.2, -0.15) is 0 Å². The van der Waals surface area contributed by atoms with Gasteiger partial charge in [0.25, 0.3) is 0 Å². The lowest BCUT2D eigenvalue weighted by atomic mass is 10.1. The van der Waals surface area contributed by atoms with E-state index in [1.165, 1.54) is 6.07 Å². The minimum absolute atomic E-state index is 0.117. The zero-order valence-electron chi connectivity index (χ0n) is 12.1. The smallest absolute Gasteiger partial charge is 0.239 e. The lowest BCUT2D eigenvalue weighted by Crippen LogP contribution is -2.38. The second-order valence-electron chi connectivity index (χ2n) is 4.80. The molecule has 2 aromatic rings. The van der Waals surface area contributed by atoms with Crippen LogP contribution in [-0.2, 0) is 9.59 Å². The number of benzene rings is 2. The number of anilines is 1. The van der Waals surface area contributed by atoms with Gasteiger partial charge in [-0.15, -0.1) is 0 Å². The van der Waals surface area contributed by atoms with Gasteiger partial charge in [-0.3, -0.25) is 14.9 Å². The van der Waals surface area contributed by atoms with E-state index in [2.05, 4.69) is 10.6 Å². The van der Waals surface area contributed by atoms with Gasteiger partial charge in [0.2, 0.25) is 11.8 Å². The van der Waals surface area contributed by atoms with Crippen molar-refractivity contribution in [1.29, 1.82) is 0 Å². The largest absolute Gasteiger partial charge is 0.368 e. The van der Waals surface area contributed by atoms with E-state index < -0.39 is 29.5 Å². The Kier molecular flexibility index (Phi) is 5.37. The lowest BCUT2D eigenvalue weighted by molar-refractivity contribution is -0.120. The van der Waals surface area contributed by atoms with E-state index in [0.29, 0.717) is 5.56 Å². The number of primary amides is 1. The van der Waals surface area contributed by atoms with E-state index in [9.17, 15) is 18.4 Å². The highest BCUT2D eigenvalue weighted by atomic mass is 19.2. The molecule has 2 rings (SSSR count). The molecular weight excluding hydrogens is 304 g/mol. The van der Waals surface area contributed by atoms with Crippen molar-refractivity contribution in [2.24, 2.45) is 5.73 Å². The zero-order chi connectivity index (χ0) is 16.8. The summed E-state index contributed by atoms with van der Waals surface area (Å²) in [5.74, 6) is -3.20. The van der Waals surface area contributed by atoms with Crippen LogP contribution < -0.4 is 16.4 Å². The van der Waals surface area contributed by atoms with Crippen LogP contribution in [0.25, 0.3) is 0 Å². The average molecular weight is 319 g/mol. The summed E-state index contributed by atoms with van der Waals surface area (Å²) in [6.45, 7) is -0.221. The Morgan fingerprint density at radius 1 is 1.04 bits per heavy atom. The number of hydrogen-bond donors (Lipinski definition) is 3. The maximum Gasteiger partial charge on any atom is 0.239 e. The quantitative estimate of drug-likeness (QED) is 0.758. The molecule has 0 saturated heterocycles. The average Bonchev–Trinajstić information content (AvgIpc) is 2.52. The van der Waals surface area contributed by atoms with Crippen LogP contribution in [0, 0.1) is 11.6 Å². The summed E-state index contributed by atoms with van der Waals surface area (Å²) in [6.07, 6.45) is 0. The molecule has 120 valence electrons. The first-order valence-electron chi connectivity index (χ1n) is 6.80. The highest BCUT2D eigenvalue weighted by Crippen LogP contribution is 2.14. The normalized spacial score (nSPS) is 11.7. The maximum atomic E-state index is 13.1. The summed E-state index contributed by atoms with van der Waals surface area (Å²) in [5.41, 5.74) is 6.06. The third kappa shape index (κ3) is 4.58. The first-order valence-corrected chi connectivity index (χ1v) is 6.80.